The molecule has 38 heavy (non-hydrogen) atoms. The first-order chi connectivity index (χ1) is 18.6. The molecule has 2 aromatic carbocycles. The molecule has 0 bridgehead atoms. The van der Waals surface area contributed by atoms with Crippen molar-refractivity contribution in [1.29, 1.82) is 0 Å². The summed E-state index contributed by atoms with van der Waals surface area (Å²) in [7, 11) is 0. The number of nitrogens with one attached hydrogen (secondary N) is 2. The minimum atomic E-state index is -0.415. The molecular formula is C30H42N2O6. The molecule has 2 aromatic rings. The maximum Gasteiger partial charge on any atom is 0.335 e. The van der Waals surface area contributed by atoms with Crippen molar-refractivity contribution in [1.82, 2.24) is 10.6 Å². The van der Waals surface area contributed by atoms with Crippen LogP contribution >= 0.6 is 0 Å². The largest absolute Gasteiger partial charge is 0.464 e. The lowest BCUT2D eigenvalue weighted by Gasteiger charge is -2.28. The summed E-state index contributed by atoms with van der Waals surface area (Å²) in [6.07, 6.45) is 2.41. The SMILES string of the molecule is CCOC(=O)[C@@H]1C[C@@H](NCc2ccccc2)CCO1.CCOC(=O)[C@H]1C[C@H](NCc2ccccc2)CCO1. The Morgan fingerprint density at radius 2 is 1.11 bits per heavy atom. The standard InChI is InChI=1S/2C15H21NO3/c2*1-2-18-15(17)14-10-13(8-9-19-14)16-11-12-6-4-3-5-7-12/h2*3-7,13-14,16H,2,8-11H2,1H3/t2*13-,14-/m10/s1. The van der Waals surface area contributed by atoms with Crippen molar-refractivity contribution in [2.24, 2.45) is 0 Å². The van der Waals surface area contributed by atoms with Gasteiger partial charge in [0.2, 0.25) is 0 Å². The fourth-order valence-corrected chi connectivity index (χ4v) is 4.48. The Labute approximate surface area is 226 Å². The predicted octanol–water partition coefficient (Wildman–Crippen LogP) is 3.77. The fourth-order valence-electron chi connectivity index (χ4n) is 4.48. The molecule has 0 unspecified atom stereocenters. The van der Waals surface area contributed by atoms with Gasteiger partial charge in [0.25, 0.3) is 0 Å². The molecular weight excluding hydrogens is 484 g/mol. The number of carbonyl (C=O) groups is 2. The van der Waals surface area contributed by atoms with Crippen LogP contribution < -0.4 is 10.6 Å². The number of esters is 2. The van der Waals surface area contributed by atoms with E-state index in [1.54, 1.807) is 0 Å². The quantitative estimate of drug-likeness (QED) is 0.452. The maximum atomic E-state index is 11.6. The highest BCUT2D eigenvalue weighted by Gasteiger charge is 2.29. The van der Waals surface area contributed by atoms with E-state index < -0.39 is 12.2 Å². The minimum Gasteiger partial charge on any atom is -0.464 e. The van der Waals surface area contributed by atoms with Crippen LogP contribution in [0.25, 0.3) is 0 Å². The molecule has 8 nitrogen and oxygen atoms in total. The van der Waals surface area contributed by atoms with Gasteiger partial charge < -0.3 is 29.6 Å². The highest BCUT2D eigenvalue weighted by atomic mass is 16.6. The molecule has 4 rings (SSSR count). The smallest absolute Gasteiger partial charge is 0.335 e. The summed E-state index contributed by atoms with van der Waals surface area (Å²) in [5.74, 6) is -0.484. The Balaban J connectivity index is 0.000000211. The van der Waals surface area contributed by atoms with Crippen LogP contribution in [0.5, 0.6) is 0 Å². The van der Waals surface area contributed by atoms with E-state index in [0.717, 1.165) is 25.9 Å². The second-order valence-corrected chi connectivity index (χ2v) is 9.40. The number of hydrogen-bond acceptors (Lipinski definition) is 8. The first-order valence-corrected chi connectivity index (χ1v) is 13.7. The molecule has 0 aliphatic carbocycles. The van der Waals surface area contributed by atoms with Crippen LogP contribution in [0.15, 0.2) is 60.7 Å². The van der Waals surface area contributed by atoms with E-state index in [0.29, 0.717) is 51.4 Å². The van der Waals surface area contributed by atoms with Gasteiger partial charge in [0.1, 0.15) is 0 Å². The summed E-state index contributed by atoms with van der Waals surface area (Å²) < 4.78 is 20.9. The van der Waals surface area contributed by atoms with E-state index in [1.807, 2.05) is 50.2 Å². The first kappa shape index (κ1) is 29.8. The average Bonchev–Trinajstić information content (AvgIpc) is 2.97. The van der Waals surface area contributed by atoms with Gasteiger partial charge in [0, 0.05) is 38.4 Å². The lowest BCUT2D eigenvalue weighted by atomic mass is 10.0. The number of ether oxygens (including phenoxy) is 4. The van der Waals surface area contributed by atoms with E-state index in [4.69, 9.17) is 18.9 Å². The van der Waals surface area contributed by atoms with Crippen LogP contribution in [0.2, 0.25) is 0 Å². The topological polar surface area (TPSA) is 95.1 Å². The molecule has 208 valence electrons. The third-order valence-electron chi connectivity index (χ3n) is 6.54. The van der Waals surface area contributed by atoms with E-state index >= 15 is 0 Å². The molecule has 0 saturated carbocycles. The second-order valence-electron chi connectivity index (χ2n) is 9.40. The van der Waals surface area contributed by atoms with E-state index in [2.05, 4.69) is 34.9 Å². The van der Waals surface area contributed by atoms with Gasteiger partial charge in [-0.15, -0.1) is 0 Å². The predicted molar refractivity (Wildman–Crippen MR) is 145 cm³/mol. The molecule has 2 aliphatic heterocycles. The molecule has 2 N–H and O–H groups in total. The number of benzene rings is 2. The van der Waals surface area contributed by atoms with Gasteiger partial charge in [-0.3, -0.25) is 0 Å². The average molecular weight is 527 g/mol. The molecule has 2 saturated heterocycles. The third-order valence-corrected chi connectivity index (χ3v) is 6.54. The van der Waals surface area contributed by atoms with Crippen LogP contribution in [0.1, 0.15) is 50.7 Å². The summed E-state index contributed by atoms with van der Waals surface area (Å²) in [6, 6.07) is 21.1. The molecule has 8 heteroatoms. The zero-order valence-electron chi connectivity index (χ0n) is 22.6. The fraction of sp³-hybridized carbons (Fsp3) is 0.533. The highest BCUT2D eigenvalue weighted by molar-refractivity contribution is 5.75. The summed E-state index contributed by atoms with van der Waals surface area (Å²) in [5, 5.41) is 6.95. The monoisotopic (exact) mass is 526 g/mol. The maximum absolute atomic E-state index is 11.6. The summed E-state index contributed by atoms with van der Waals surface area (Å²) in [5.41, 5.74) is 2.50. The van der Waals surface area contributed by atoms with Gasteiger partial charge in [-0.05, 0) is 50.7 Å². The normalized spacial score (nSPS) is 23.0. The third kappa shape index (κ3) is 10.5. The van der Waals surface area contributed by atoms with Crippen molar-refractivity contribution in [3.05, 3.63) is 71.8 Å². The van der Waals surface area contributed by atoms with Crippen molar-refractivity contribution in [3.8, 4) is 0 Å². The number of hydrogen-bond donors (Lipinski definition) is 2. The van der Waals surface area contributed by atoms with Gasteiger partial charge in [0.15, 0.2) is 12.2 Å². The van der Waals surface area contributed by atoms with Crippen LogP contribution in [0, 0.1) is 0 Å². The molecule has 4 atom stereocenters. The molecule has 2 fully saturated rings. The van der Waals surface area contributed by atoms with Crippen LogP contribution in [0.3, 0.4) is 0 Å². The Hall–Kier alpha value is -2.78. The minimum absolute atomic E-state index is 0.242. The Kier molecular flexibility index (Phi) is 13.3. The molecule has 0 radical (unpaired) electrons. The van der Waals surface area contributed by atoms with Crippen molar-refractivity contribution >= 4 is 11.9 Å². The van der Waals surface area contributed by atoms with E-state index in [-0.39, 0.29) is 11.9 Å². The zero-order valence-corrected chi connectivity index (χ0v) is 22.6. The molecule has 2 heterocycles. The summed E-state index contributed by atoms with van der Waals surface area (Å²) in [4.78, 5) is 23.3. The van der Waals surface area contributed by atoms with Crippen LogP contribution in [0.4, 0.5) is 0 Å². The second kappa shape index (κ2) is 16.9. The van der Waals surface area contributed by atoms with Gasteiger partial charge in [-0.25, -0.2) is 9.59 Å². The highest BCUT2D eigenvalue weighted by Crippen LogP contribution is 2.17. The Morgan fingerprint density at radius 1 is 0.711 bits per heavy atom. The lowest BCUT2D eigenvalue weighted by molar-refractivity contribution is -0.161. The van der Waals surface area contributed by atoms with Gasteiger partial charge >= 0.3 is 11.9 Å². The molecule has 0 amide bonds. The number of rotatable bonds is 10. The van der Waals surface area contributed by atoms with Crippen molar-refractivity contribution in [2.45, 2.75) is 76.9 Å². The van der Waals surface area contributed by atoms with Crippen molar-refractivity contribution < 1.29 is 28.5 Å². The van der Waals surface area contributed by atoms with Crippen LogP contribution in [-0.2, 0) is 41.6 Å². The van der Waals surface area contributed by atoms with Gasteiger partial charge in [-0.2, -0.15) is 0 Å². The van der Waals surface area contributed by atoms with E-state index in [1.165, 1.54) is 11.1 Å². The van der Waals surface area contributed by atoms with E-state index in [9.17, 15) is 9.59 Å². The Bertz CT molecular complexity index is 865. The van der Waals surface area contributed by atoms with Gasteiger partial charge in [0.05, 0.1) is 13.2 Å². The van der Waals surface area contributed by atoms with Crippen molar-refractivity contribution in [2.75, 3.05) is 26.4 Å². The summed E-state index contributed by atoms with van der Waals surface area (Å²) >= 11 is 0. The molecule has 0 spiro atoms. The Morgan fingerprint density at radius 3 is 1.47 bits per heavy atom. The van der Waals surface area contributed by atoms with Crippen LogP contribution in [-0.4, -0.2) is 62.7 Å². The number of carbonyl (C=O) groups excluding carboxylic acids is 2. The molecule has 2 aliphatic rings. The lowest BCUT2D eigenvalue weighted by Crippen LogP contribution is -2.42. The molecule has 0 aromatic heterocycles. The first-order valence-electron chi connectivity index (χ1n) is 13.7. The zero-order chi connectivity index (χ0) is 27.0. The van der Waals surface area contributed by atoms with Crippen molar-refractivity contribution in [3.63, 3.8) is 0 Å². The summed E-state index contributed by atoms with van der Waals surface area (Å²) in [6.45, 7) is 7.29. The van der Waals surface area contributed by atoms with Gasteiger partial charge in [-0.1, -0.05) is 60.7 Å².